The molecule has 0 saturated heterocycles. The number of nitrogens with one attached hydrogen (secondary N) is 1. The largest absolute Gasteiger partial charge is 0.291 e. The minimum atomic E-state index is -0.416. The zero-order chi connectivity index (χ0) is 17.7. The van der Waals surface area contributed by atoms with Gasteiger partial charge in [-0.25, -0.2) is 9.66 Å². The van der Waals surface area contributed by atoms with E-state index >= 15 is 0 Å². The predicted molar refractivity (Wildman–Crippen MR) is 105 cm³/mol. The van der Waals surface area contributed by atoms with E-state index in [2.05, 4.69) is 38.1 Å². The van der Waals surface area contributed by atoms with Crippen LogP contribution in [0.2, 0.25) is 0 Å². The van der Waals surface area contributed by atoms with Gasteiger partial charge in [-0.05, 0) is 60.8 Å². The summed E-state index contributed by atoms with van der Waals surface area (Å²) < 4.78 is 3.55. The van der Waals surface area contributed by atoms with Crippen molar-refractivity contribution in [3.63, 3.8) is 0 Å². The SMILES string of the molecule is Cc1nc2sc3c(c2c(=O)n1NC(=O)c1nn(C)cc1I)CCCC3. The van der Waals surface area contributed by atoms with Gasteiger partial charge in [-0.2, -0.15) is 5.10 Å². The van der Waals surface area contributed by atoms with Crippen LogP contribution >= 0.6 is 33.9 Å². The number of aromatic nitrogens is 4. The van der Waals surface area contributed by atoms with E-state index in [-0.39, 0.29) is 5.56 Å². The first-order chi connectivity index (χ1) is 12.0. The first-order valence-corrected chi connectivity index (χ1v) is 9.89. The second kappa shape index (κ2) is 6.20. The average molecular weight is 469 g/mol. The summed E-state index contributed by atoms with van der Waals surface area (Å²) in [5.74, 6) is 0.0517. The third-order valence-corrected chi connectivity index (χ3v) is 6.34. The molecule has 3 heterocycles. The molecule has 0 aliphatic heterocycles. The molecule has 130 valence electrons. The lowest BCUT2D eigenvalue weighted by atomic mass is 9.97. The molecule has 1 N–H and O–H groups in total. The highest BCUT2D eigenvalue weighted by atomic mass is 127. The van der Waals surface area contributed by atoms with Gasteiger partial charge in [-0.1, -0.05) is 0 Å². The maximum atomic E-state index is 13.0. The monoisotopic (exact) mass is 469 g/mol. The van der Waals surface area contributed by atoms with Gasteiger partial charge in [0, 0.05) is 18.1 Å². The third kappa shape index (κ3) is 2.78. The fourth-order valence-electron chi connectivity index (χ4n) is 3.21. The van der Waals surface area contributed by atoms with Gasteiger partial charge >= 0.3 is 0 Å². The molecule has 0 saturated carbocycles. The Morgan fingerprint density at radius 2 is 2.12 bits per heavy atom. The van der Waals surface area contributed by atoms with Gasteiger partial charge in [0.05, 0.1) is 8.96 Å². The Labute approximate surface area is 161 Å². The number of aryl methyl sites for hydroxylation is 4. The van der Waals surface area contributed by atoms with E-state index in [1.165, 1.54) is 9.55 Å². The maximum absolute atomic E-state index is 13.0. The van der Waals surface area contributed by atoms with Crippen LogP contribution in [-0.4, -0.2) is 25.3 Å². The lowest BCUT2D eigenvalue weighted by Gasteiger charge is -2.12. The van der Waals surface area contributed by atoms with Crippen molar-refractivity contribution in [2.75, 3.05) is 5.43 Å². The van der Waals surface area contributed by atoms with Crippen LogP contribution in [0.5, 0.6) is 0 Å². The summed E-state index contributed by atoms with van der Waals surface area (Å²) >= 11 is 3.66. The first-order valence-electron chi connectivity index (χ1n) is 8.00. The van der Waals surface area contributed by atoms with E-state index in [0.717, 1.165) is 39.6 Å². The van der Waals surface area contributed by atoms with Gasteiger partial charge in [-0.3, -0.25) is 19.7 Å². The Morgan fingerprint density at radius 3 is 2.84 bits per heavy atom. The molecule has 0 fully saturated rings. The second-order valence-corrected chi connectivity index (χ2v) is 8.38. The number of halogens is 1. The minimum absolute atomic E-state index is 0.207. The Kier molecular flexibility index (Phi) is 4.14. The maximum Gasteiger partial charge on any atom is 0.291 e. The molecule has 25 heavy (non-hydrogen) atoms. The van der Waals surface area contributed by atoms with Gasteiger partial charge in [0.2, 0.25) is 0 Å². The molecule has 9 heteroatoms. The highest BCUT2D eigenvalue weighted by molar-refractivity contribution is 14.1. The van der Waals surface area contributed by atoms with Crippen LogP contribution in [0.25, 0.3) is 10.2 Å². The lowest BCUT2D eigenvalue weighted by Crippen LogP contribution is -2.36. The van der Waals surface area contributed by atoms with E-state index in [4.69, 9.17) is 0 Å². The van der Waals surface area contributed by atoms with E-state index < -0.39 is 5.91 Å². The summed E-state index contributed by atoms with van der Waals surface area (Å²) in [7, 11) is 1.75. The van der Waals surface area contributed by atoms with Gasteiger partial charge in [0.15, 0.2) is 5.69 Å². The van der Waals surface area contributed by atoms with Gasteiger partial charge < -0.3 is 0 Å². The summed E-state index contributed by atoms with van der Waals surface area (Å²) in [5, 5.41) is 4.81. The van der Waals surface area contributed by atoms with Crippen LogP contribution in [0.4, 0.5) is 0 Å². The van der Waals surface area contributed by atoms with E-state index in [0.29, 0.717) is 16.9 Å². The van der Waals surface area contributed by atoms with Crippen molar-refractivity contribution >= 4 is 50.1 Å². The number of nitrogens with zero attached hydrogens (tertiary/aromatic N) is 4. The Morgan fingerprint density at radius 1 is 1.36 bits per heavy atom. The van der Waals surface area contributed by atoms with Crippen molar-refractivity contribution in [2.45, 2.75) is 32.6 Å². The smallest absolute Gasteiger partial charge is 0.274 e. The second-order valence-electron chi connectivity index (χ2n) is 6.13. The number of hydrogen-bond acceptors (Lipinski definition) is 5. The molecule has 0 spiro atoms. The zero-order valence-corrected chi connectivity index (χ0v) is 16.8. The number of hydrogen-bond donors (Lipinski definition) is 1. The number of amides is 1. The molecule has 3 aromatic heterocycles. The van der Waals surface area contributed by atoms with Crippen LogP contribution < -0.4 is 11.0 Å². The fraction of sp³-hybridized carbons (Fsp3) is 0.375. The third-order valence-electron chi connectivity index (χ3n) is 4.37. The normalized spacial score (nSPS) is 13.9. The van der Waals surface area contributed by atoms with Crippen LogP contribution in [0, 0.1) is 10.5 Å². The molecule has 1 aliphatic rings. The zero-order valence-electron chi connectivity index (χ0n) is 13.8. The van der Waals surface area contributed by atoms with Crippen LogP contribution in [-0.2, 0) is 19.9 Å². The predicted octanol–water partition coefficient (Wildman–Crippen LogP) is 2.37. The number of carbonyl (C=O) groups excluding carboxylic acids is 1. The summed E-state index contributed by atoms with van der Waals surface area (Å²) in [4.78, 5) is 32.1. The minimum Gasteiger partial charge on any atom is -0.274 e. The van der Waals surface area contributed by atoms with Gasteiger partial charge in [0.1, 0.15) is 10.7 Å². The summed E-state index contributed by atoms with van der Waals surface area (Å²) in [6.07, 6.45) is 5.91. The van der Waals surface area contributed by atoms with Crippen LogP contribution in [0.1, 0.15) is 39.6 Å². The van der Waals surface area contributed by atoms with E-state index in [1.807, 2.05) is 0 Å². The highest BCUT2D eigenvalue weighted by Crippen LogP contribution is 2.33. The van der Waals surface area contributed by atoms with Crippen LogP contribution in [0.15, 0.2) is 11.0 Å². The van der Waals surface area contributed by atoms with Crippen molar-refractivity contribution in [1.29, 1.82) is 0 Å². The van der Waals surface area contributed by atoms with Crippen molar-refractivity contribution in [2.24, 2.45) is 7.05 Å². The molecular formula is C16H16IN5O2S. The molecule has 0 radical (unpaired) electrons. The number of rotatable bonds is 2. The molecule has 0 atom stereocenters. The number of carbonyl (C=O) groups is 1. The molecule has 0 unspecified atom stereocenters. The molecule has 0 bridgehead atoms. The number of fused-ring (bicyclic) bond motifs is 3. The quantitative estimate of drug-likeness (QED) is 0.585. The molecule has 7 nitrogen and oxygen atoms in total. The Hall–Kier alpha value is -1.75. The van der Waals surface area contributed by atoms with Crippen molar-refractivity contribution in [3.05, 3.63) is 42.1 Å². The van der Waals surface area contributed by atoms with Crippen molar-refractivity contribution < 1.29 is 4.79 Å². The standard InChI is InChI=1S/C16H16IN5O2S/c1-8-18-15-12(9-5-3-4-6-11(9)25-15)16(24)22(8)20-14(23)13-10(17)7-21(2)19-13/h7H,3-6H2,1-2H3,(H,20,23). The number of thiophene rings is 1. The molecular weight excluding hydrogens is 453 g/mol. The van der Waals surface area contributed by atoms with Crippen molar-refractivity contribution in [3.8, 4) is 0 Å². The molecule has 1 amide bonds. The van der Waals surface area contributed by atoms with Crippen molar-refractivity contribution in [1.82, 2.24) is 19.4 Å². The Balaban J connectivity index is 1.81. The summed E-state index contributed by atoms with van der Waals surface area (Å²) in [6.45, 7) is 1.73. The molecule has 0 aromatic carbocycles. The van der Waals surface area contributed by atoms with Crippen LogP contribution in [0.3, 0.4) is 0 Å². The van der Waals surface area contributed by atoms with E-state index in [9.17, 15) is 9.59 Å². The van der Waals surface area contributed by atoms with Gasteiger partial charge in [-0.15, -0.1) is 11.3 Å². The molecule has 4 rings (SSSR count). The highest BCUT2D eigenvalue weighted by Gasteiger charge is 2.23. The molecule has 1 aliphatic carbocycles. The lowest BCUT2D eigenvalue weighted by molar-refractivity contribution is 0.1000. The first kappa shape index (κ1) is 16.7. The average Bonchev–Trinajstić information content (AvgIpc) is 3.10. The summed E-state index contributed by atoms with van der Waals surface area (Å²) in [6, 6.07) is 0. The topological polar surface area (TPSA) is 81.8 Å². The fourth-order valence-corrected chi connectivity index (χ4v) is 5.26. The van der Waals surface area contributed by atoms with Gasteiger partial charge in [0.25, 0.3) is 11.5 Å². The molecule has 3 aromatic rings. The van der Waals surface area contributed by atoms with E-state index in [1.54, 1.807) is 36.2 Å². The Bertz CT molecular complexity index is 1060. The summed E-state index contributed by atoms with van der Waals surface area (Å²) in [5.41, 5.74) is 3.86.